The number of benzene rings is 1. The molecule has 1 saturated heterocycles. The Balaban J connectivity index is 2.15. The van der Waals surface area contributed by atoms with Gasteiger partial charge in [0.15, 0.2) is 11.0 Å². The molecule has 2 rings (SSSR count). The number of amides is 1. The maximum Gasteiger partial charge on any atom is 0.236 e. The molecule has 1 heterocycles. The molecule has 0 saturated carbocycles. The molecule has 1 aliphatic rings. The molecule has 1 aromatic carbocycles. The monoisotopic (exact) mass is 349 g/mol. The van der Waals surface area contributed by atoms with Crippen molar-refractivity contribution in [2.75, 3.05) is 5.75 Å². The third-order valence-electron chi connectivity index (χ3n) is 2.00. The Labute approximate surface area is 120 Å². The first kappa shape index (κ1) is 13.5. The number of halogens is 3. The third-order valence-corrected chi connectivity index (χ3v) is 4.12. The molecule has 94 valence electrons. The molecule has 0 spiro atoms. The van der Waals surface area contributed by atoms with E-state index in [1.165, 1.54) is 24.0 Å². The summed E-state index contributed by atoms with van der Waals surface area (Å²) in [5.41, 5.74) is 0.224. The van der Waals surface area contributed by atoms with Crippen molar-refractivity contribution >= 4 is 56.6 Å². The van der Waals surface area contributed by atoms with Crippen LogP contribution in [0.5, 0.6) is 0 Å². The van der Waals surface area contributed by atoms with Crippen LogP contribution in [-0.2, 0) is 4.79 Å². The highest BCUT2D eigenvalue weighted by Crippen LogP contribution is 2.26. The molecule has 0 atom stereocenters. The van der Waals surface area contributed by atoms with Gasteiger partial charge >= 0.3 is 0 Å². The highest BCUT2D eigenvalue weighted by atomic mass is 79.9. The van der Waals surface area contributed by atoms with Gasteiger partial charge in [0, 0.05) is 10.0 Å². The molecular weight excluding hydrogens is 345 g/mol. The van der Waals surface area contributed by atoms with Crippen molar-refractivity contribution in [3.05, 3.63) is 33.0 Å². The lowest BCUT2D eigenvalue weighted by Gasteiger charge is -2.00. The number of carbonyl (C=O) groups is 1. The Morgan fingerprint density at radius 3 is 3.00 bits per heavy atom. The SMILES string of the molecule is O=C1CSC(=NN=Cc2ccc(Br)c(Cl)c2F)N1. The zero-order chi connectivity index (χ0) is 13.1. The van der Waals surface area contributed by atoms with Gasteiger partial charge in [-0.2, -0.15) is 5.10 Å². The van der Waals surface area contributed by atoms with Gasteiger partial charge in [0.05, 0.1) is 17.0 Å². The number of hydrogen-bond acceptors (Lipinski definition) is 4. The Bertz CT molecular complexity index is 564. The first-order valence-electron chi connectivity index (χ1n) is 4.75. The van der Waals surface area contributed by atoms with Gasteiger partial charge in [-0.25, -0.2) is 4.39 Å². The van der Waals surface area contributed by atoms with Gasteiger partial charge in [-0.05, 0) is 28.1 Å². The van der Waals surface area contributed by atoms with Crippen LogP contribution in [0.3, 0.4) is 0 Å². The zero-order valence-corrected chi connectivity index (χ0v) is 11.9. The summed E-state index contributed by atoms with van der Waals surface area (Å²) in [6.45, 7) is 0. The molecule has 0 aliphatic carbocycles. The quantitative estimate of drug-likeness (QED) is 0.506. The molecule has 1 aromatic rings. The fourth-order valence-corrected chi connectivity index (χ4v) is 2.27. The van der Waals surface area contributed by atoms with Gasteiger partial charge in [-0.15, -0.1) is 5.10 Å². The van der Waals surface area contributed by atoms with Crippen molar-refractivity contribution in [3.63, 3.8) is 0 Å². The van der Waals surface area contributed by atoms with Crippen molar-refractivity contribution < 1.29 is 9.18 Å². The number of thioether (sulfide) groups is 1. The predicted molar refractivity (Wildman–Crippen MR) is 74.7 cm³/mol. The van der Waals surface area contributed by atoms with Crippen molar-refractivity contribution in [1.82, 2.24) is 5.32 Å². The summed E-state index contributed by atoms with van der Waals surface area (Å²) in [5.74, 6) is -0.364. The molecule has 1 amide bonds. The molecule has 0 unspecified atom stereocenters. The maximum absolute atomic E-state index is 13.6. The highest BCUT2D eigenvalue weighted by molar-refractivity contribution is 9.10. The average molecular weight is 351 g/mol. The summed E-state index contributed by atoms with van der Waals surface area (Å²) in [6, 6.07) is 3.14. The van der Waals surface area contributed by atoms with E-state index in [0.29, 0.717) is 15.4 Å². The summed E-state index contributed by atoms with van der Waals surface area (Å²) in [4.78, 5) is 10.9. The lowest BCUT2D eigenvalue weighted by molar-refractivity contribution is -0.116. The maximum atomic E-state index is 13.6. The molecule has 4 nitrogen and oxygen atoms in total. The molecule has 8 heteroatoms. The molecule has 1 fully saturated rings. The molecule has 0 radical (unpaired) electrons. The highest BCUT2D eigenvalue weighted by Gasteiger charge is 2.16. The van der Waals surface area contributed by atoms with Gasteiger partial charge < -0.3 is 5.32 Å². The first-order valence-corrected chi connectivity index (χ1v) is 6.91. The number of hydrogen-bond donors (Lipinski definition) is 1. The average Bonchev–Trinajstić information content (AvgIpc) is 2.75. The fraction of sp³-hybridized carbons (Fsp3) is 0.100. The van der Waals surface area contributed by atoms with Crippen molar-refractivity contribution in [2.45, 2.75) is 0 Å². The van der Waals surface area contributed by atoms with Gasteiger partial charge in [0.1, 0.15) is 0 Å². The van der Waals surface area contributed by atoms with Gasteiger partial charge in [-0.1, -0.05) is 23.4 Å². The predicted octanol–water partition coefficient (Wildman–Crippen LogP) is 2.79. The first-order chi connectivity index (χ1) is 8.58. The second-order valence-corrected chi connectivity index (χ2v) is 5.45. The minimum absolute atomic E-state index is 0.00449. The van der Waals surface area contributed by atoms with E-state index in [9.17, 15) is 9.18 Å². The number of amidine groups is 1. The van der Waals surface area contributed by atoms with Crippen LogP contribution in [0.25, 0.3) is 0 Å². The van der Waals surface area contributed by atoms with E-state index in [4.69, 9.17) is 11.6 Å². The Morgan fingerprint density at radius 2 is 2.33 bits per heavy atom. The fourth-order valence-electron chi connectivity index (χ4n) is 1.16. The smallest absolute Gasteiger partial charge is 0.236 e. The minimum Gasteiger partial charge on any atom is -0.303 e. The largest absolute Gasteiger partial charge is 0.303 e. The van der Waals surface area contributed by atoms with Crippen molar-refractivity contribution in [1.29, 1.82) is 0 Å². The summed E-state index contributed by atoms with van der Waals surface area (Å²) in [7, 11) is 0. The summed E-state index contributed by atoms with van der Waals surface area (Å²) < 4.78 is 14.1. The molecule has 0 aromatic heterocycles. The lowest BCUT2D eigenvalue weighted by atomic mass is 10.2. The van der Waals surface area contributed by atoms with E-state index in [1.807, 2.05) is 0 Å². The van der Waals surface area contributed by atoms with E-state index in [-0.39, 0.29) is 16.5 Å². The van der Waals surface area contributed by atoms with Crippen molar-refractivity contribution in [2.24, 2.45) is 10.2 Å². The number of nitrogens with one attached hydrogen (secondary N) is 1. The van der Waals surface area contributed by atoms with E-state index in [1.54, 1.807) is 6.07 Å². The van der Waals surface area contributed by atoms with Crippen LogP contribution < -0.4 is 5.32 Å². The van der Waals surface area contributed by atoms with Crippen LogP contribution in [0.15, 0.2) is 26.8 Å². The number of rotatable bonds is 2. The van der Waals surface area contributed by atoms with E-state index >= 15 is 0 Å². The van der Waals surface area contributed by atoms with Crippen LogP contribution in [0, 0.1) is 5.82 Å². The normalized spacial score (nSPS) is 17.7. The molecule has 1 N–H and O–H groups in total. The Kier molecular flexibility index (Phi) is 4.36. The van der Waals surface area contributed by atoms with Crippen LogP contribution in [0.2, 0.25) is 5.02 Å². The Morgan fingerprint density at radius 1 is 1.56 bits per heavy atom. The van der Waals surface area contributed by atoms with Crippen LogP contribution in [0.1, 0.15) is 5.56 Å². The molecule has 0 bridgehead atoms. The van der Waals surface area contributed by atoms with Crippen LogP contribution in [-0.4, -0.2) is 23.0 Å². The van der Waals surface area contributed by atoms with Gasteiger partial charge in [-0.3, -0.25) is 4.79 Å². The topological polar surface area (TPSA) is 53.8 Å². The zero-order valence-electron chi connectivity index (χ0n) is 8.78. The number of nitrogens with zero attached hydrogens (tertiary/aromatic N) is 2. The van der Waals surface area contributed by atoms with Crippen molar-refractivity contribution in [3.8, 4) is 0 Å². The molecular formula is C10H6BrClFN3OS. The lowest BCUT2D eigenvalue weighted by Crippen LogP contribution is -2.19. The minimum atomic E-state index is -0.571. The second kappa shape index (κ2) is 5.81. The van der Waals surface area contributed by atoms with E-state index in [2.05, 4.69) is 31.4 Å². The molecule has 18 heavy (non-hydrogen) atoms. The Hall–Kier alpha value is -0.920. The van der Waals surface area contributed by atoms with Crippen LogP contribution >= 0.6 is 39.3 Å². The summed E-state index contributed by atoms with van der Waals surface area (Å²) >= 11 is 10.1. The summed E-state index contributed by atoms with van der Waals surface area (Å²) in [6.07, 6.45) is 1.24. The van der Waals surface area contributed by atoms with Gasteiger partial charge in [0.2, 0.25) is 5.91 Å². The second-order valence-electron chi connectivity index (χ2n) is 3.25. The molecule has 1 aliphatic heterocycles. The van der Waals surface area contributed by atoms with E-state index < -0.39 is 5.82 Å². The summed E-state index contributed by atoms with van der Waals surface area (Å²) in [5, 5.41) is 10.4. The van der Waals surface area contributed by atoms with Gasteiger partial charge in [0.25, 0.3) is 0 Å². The van der Waals surface area contributed by atoms with E-state index in [0.717, 1.165) is 0 Å². The standard InChI is InChI=1S/C10H6BrClFN3OS/c11-6-2-1-5(9(13)8(6)12)3-14-16-10-15-7(17)4-18-10/h1-3H,4H2,(H,15,16,17). The van der Waals surface area contributed by atoms with Crippen LogP contribution in [0.4, 0.5) is 4.39 Å². The third kappa shape index (κ3) is 3.09. The number of carbonyl (C=O) groups excluding carboxylic acids is 1.